The quantitative estimate of drug-likeness (QED) is 0.465. The van der Waals surface area contributed by atoms with Crippen LogP contribution in [0.1, 0.15) is 19.8 Å². The van der Waals surface area contributed by atoms with E-state index < -0.39 is 0 Å². The Morgan fingerprint density at radius 2 is 2.17 bits per heavy atom. The summed E-state index contributed by atoms with van der Waals surface area (Å²) in [6, 6.07) is 0. The summed E-state index contributed by atoms with van der Waals surface area (Å²) in [5.41, 5.74) is 0. The summed E-state index contributed by atoms with van der Waals surface area (Å²) in [7, 11) is 1.86. The Morgan fingerprint density at radius 1 is 1.50 bits per heavy atom. The van der Waals surface area contributed by atoms with E-state index in [-0.39, 0.29) is 0 Å². The molecule has 0 radical (unpaired) electrons. The zero-order valence-electron chi connectivity index (χ0n) is 4.57. The number of rotatable bonds is 3. The third-order valence-electron chi connectivity index (χ3n) is 0.735. The molecule has 0 rings (SSSR count). The van der Waals surface area contributed by atoms with E-state index in [9.17, 15) is 0 Å². The number of hydrogen-bond acceptors (Lipinski definition) is 0. The first kappa shape index (κ1) is 5.96. The largest absolute Gasteiger partial charge is 0.665 e. The molecule has 1 heteroatoms. The highest BCUT2D eigenvalue weighted by atomic mass is 14.8. The van der Waals surface area contributed by atoms with Crippen LogP contribution in [0.4, 0.5) is 0 Å². The van der Waals surface area contributed by atoms with Crippen LogP contribution in [0.15, 0.2) is 0 Å². The summed E-state index contributed by atoms with van der Waals surface area (Å²) in [5, 5.41) is 3.93. The van der Waals surface area contributed by atoms with Gasteiger partial charge in [-0.2, -0.15) is 7.05 Å². The van der Waals surface area contributed by atoms with Crippen LogP contribution in [0, 0.1) is 0 Å². The molecule has 0 spiro atoms. The third-order valence-corrected chi connectivity index (χ3v) is 0.735. The van der Waals surface area contributed by atoms with Crippen molar-refractivity contribution < 1.29 is 0 Å². The molecule has 0 N–H and O–H groups in total. The van der Waals surface area contributed by atoms with Crippen molar-refractivity contribution >= 4 is 0 Å². The molecule has 0 aromatic carbocycles. The minimum Gasteiger partial charge on any atom is -0.665 e. The van der Waals surface area contributed by atoms with E-state index >= 15 is 0 Å². The maximum absolute atomic E-state index is 3.93. The van der Waals surface area contributed by atoms with Gasteiger partial charge in [0.1, 0.15) is 0 Å². The molecule has 38 valence electrons. The van der Waals surface area contributed by atoms with Crippen LogP contribution in [0.5, 0.6) is 0 Å². The molecule has 6 heavy (non-hydrogen) atoms. The van der Waals surface area contributed by atoms with Crippen molar-refractivity contribution in [1.29, 1.82) is 0 Å². The fraction of sp³-hybridized carbons (Fsp3) is 1.00. The summed E-state index contributed by atoms with van der Waals surface area (Å²) in [4.78, 5) is 0. The summed E-state index contributed by atoms with van der Waals surface area (Å²) in [5.74, 6) is 0. The molecule has 0 atom stereocenters. The van der Waals surface area contributed by atoms with Crippen molar-refractivity contribution in [3.63, 3.8) is 0 Å². The Hall–Kier alpha value is -0.0400. The van der Waals surface area contributed by atoms with E-state index in [1.54, 1.807) is 0 Å². The molecule has 0 aliphatic carbocycles. The van der Waals surface area contributed by atoms with Crippen LogP contribution < -0.4 is 0 Å². The maximum Gasteiger partial charge on any atom is -0.0578 e. The molecule has 0 aliphatic rings. The highest BCUT2D eigenvalue weighted by Crippen LogP contribution is 1.87. The molecular weight excluding hydrogens is 74.1 g/mol. The molecule has 0 saturated carbocycles. The molecular formula is C5H12N-. The predicted octanol–water partition coefficient (Wildman–Crippen LogP) is 1.79. The van der Waals surface area contributed by atoms with Gasteiger partial charge in [-0.05, 0) is 0 Å². The second kappa shape index (κ2) is 4.96. The van der Waals surface area contributed by atoms with E-state index in [2.05, 4.69) is 12.2 Å². The van der Waals surface area contributed by atoms with Gasteiger partial charge in [0.05, 0.1) is 0 Å². The maximum atomic E-state index is 3.93. The average molecular weight is 86.2 g/mol. The van der Waals surface area contributed by atoms with Crippen molar-refractivity contribution in [2.75, 3.05) is 13.6 Å². The minimum atomic E-state index is 1.04. The standard InChI is InChI=1S/C5H12N/c1-3-4-5-6-2/h3-5H2,1-2H3/q-1. The first-order valence-electron chi connectivity index (χ1n) is 2.47. The lowest BCUT2D eigenvalue weighted by Gasteiger charge is -2.06. The van der Waals surface area contributed by atoms with Crippen LogP contribution >= 0.6 is 0 Å². The lowest BCUT2D eigenvalue weighted by atomic mass is 10.3. The molecule has 0 aromatic rings. The molecule has 0 aromatic heterocycles. The Kier molecular flexibility index (Phi) is 4.93. The fourth-order valence-corrected chi connectivity index (χ4v) is 0.316. The first-order chi connectivity index (χ1) is 2.91. The topological polar surface area (TPSA) is 14.1 Å². The van der Waals surface area contributed by atoms with Crippen molar-refractivity contribution in [2.45, 2.75) is 19.8 Å². The third kappa shape index (κ3) is 3.96. The van der Waals surface area contributed by atoms with Gasteiger partial charge in [-0.25, -0.2) is 0 Å². The molecule has 0 bridgehead atoms. The Balaban J connectivity index is 2.34. The predicted molar refractivity (Wildman–Crippen MR) is 29.1 cm³/mol. The van der Waals surface area contributed by atoms with Crippen LogP contribution in [-0.4, -0.2) is 13.6 Å². The van der Waals surface area contributed by atoms with Gasteiger partial charge in [-0.1, -0.05) is 19.8 Å². The van der Waals surface area contributed by atoms with Gasteiger partial charge >= 0.3 is 0 Å². The molecule has 1 nitrogen and oxygen atoms in total. The number of hydrogen-bond donors (Lipinski definition) is 0. The lowest BCUT2D eigenvalue weighted by Crippen LogP contribution is -1.76. The number of unbranched alkanes of at least 4 members (excludes halogenated alkanes) is 1. The highest BCUT2D eigenvalue weighted by Gasteiger charge is 1.65. The van der Waals surface area contributed by atoms with Gasteiger partial charge < -0.3 is 5.32 Å². The van der Waals surface area contributed by atoms with Gasteiger partial charge in [0, 0.05) is 0 Å². The normalized spacial score (nSPS) is 9.00. The van der Waals surface area contributed by atoms with Gasteiger partial charge in [0.2, 0.25) is 0 Å². The molecule has 0 heterocycles. The van der Waals surface area contributed by atoms with Gasteiger partial charge in [-0.3, -0.25) is 0 Å². The van der Waals surface area contributed by atoms with E-state index in [4.69, 9.17) is 0 Å². The Morgan fingerprint density at radius 3 is 2.33 bits per heavy atom. The number of nitrogens with zero attached hydrogens (tertiary/aromatic N) is 1. The van der Waals surface area contributed by atoms with Crippen LogP contribution in [0.2, 0.25) is 0 Å². The zero-order valence-corrected chi connectivity index (χ0v) is 4.57. The van der Waals surface area contributed by atoms with E-state index in [0.29, 0.717) is 0 Å². The zero-order chi connectivity index (χ0) is 4.83. The van der Waals surface area contributed by atoms with E-state index in [1.165, 1.54) is 12.8 Å². The highest BCUT2D eigenvalue weighted by molar-refractivity contribution is 4.67. The fourth-order valence-electron chi connectivity index (χ4n) is 0.316. The summed E-state index contributed by atoms with van der Waals surface area (Å²) < 4.78 is 0. The first-order valence-corrected chi connectivity index (χ1v) is 2.47. The Bertz CT molecular complexity index is 15.9. The second-order valence-electron chi connectivity index (χ2n) is 1.39. The van der Waals surface area contributed by atoms with E-state index in [0.717, 1.165) is 6.54 Å². The lowest BCUT2D eigenvalue weighted by molar-refractivity contribution is 0.845. The van der Waals surface area contributed by atoms with Crippen molar-refractivity contribution in [1.82, 2.24) is 0 Å². The second-order valence-corrected chi connectivity index (χ2v) is 1.39. The Labute approximate surface area is 39.7 Å². The summed E-state index contributed by atoms with van der Waals surface area (Å²) >= 11 is 0. The van der Waals surface area contributed by atoms with E-state index in [1.807, 2.05) is 7.05 Å². The van der Waals surface area contributed by atoms with Gasteiger partial charge in [0.25, 0.3) is 0 Å². The van der Waals surface area contributed by atoms with Crippen molar-refractivity contribution in [2.24, 2.45) is 0 Å². The van der Waals surface area contributed by atoms with Crippen molar-refractivity contribution in [3.05, 3.63) is 5.32 Å². The monoisotopic (exact) mass is 86.1 g/mol. The van der Waals surface area contributed by atoms with Gasteiger partial charge in [-0.15, -0.1) is 6.54 Å². The molecule has 0 fully saturated rings. The molecule has 0 saturated heterocycles. The smallest absolute Gasteiger partial charge is 0.0578 e. The summed E-state index contributed by atoms with van der Waals surface area (Å²) in [6.07, 6.45) is 2.51. The average Bonchev–Trinajstić information content (AvgIpc) is 1.61. The molecule has 0 aliphatic heterocycles. The van der Waals surface area contributed by atoms with Crippen LogP contribution in [-0.2, 0) is 0 Å². The molecule has 0 unspecified atom stereocenters. The SMILES string of the molecule is CCCC[N-]C. The molecule has 0 amide bonds. The van der Waals surface area contributed by atoms with Crippen molar-refractivity contribution in [3.8, 4) is 0 Å². The van der Waals surface area contributed by atoms with Crippen LogP contribution in [0.3, 0.4) is 0 Å². The minimum absolute atomic E-state index is 1.04. The van der Waals surface area contributed by atoms with Gasteiger partial charge in [0.15, 0.2) is 0 Å². The summed E-state index contributed by atoms with van der Waals surface area (Å²) in [6.45, 7) is 3.21. The van der Waals surface area contributed by atoms with Crippen LogP contribution in [0.25, 0.3) is 5.32 Å².